The Morgan fingerprint density at radius 1 is 1.47 bits per heavy atom. The molecule has 1 N–H and O–H groups in total. The molecular formula is C13H16FN3. The third kappa shape index (κ3) is 1.63. The third-order valence-electron chi connectivity index (χ3n) is 3.73. The average molecular weight is 233 g/mol. The van der Waals surface area contributed by atoms with Crippen LogP contribution in [0.5, 0.6) is 0 Å². The van der Waals surface area contributed by atoms with Gasteiger partial charge in [-0.1, -0.05) is 0 Å². The Hall–Kier alpha value is -1.42. The van der Waals surface area contributed by atoms with Gasteiger partial charge in [0, 0.05) is 25.1 Å². The Morgan fingerprint density at radius 3 is 3.00 bits per heavy atom. The van der Waals surface area contributed by atoms with Gasteiger partial charge in [-0.3, -0.25) is 0 Å². The van der Waals surface area contributed by atoms with Crippen LogP contribution in [0.2, 0.25) is 0 Å². The first-order chi connectivity index (χ1) is 8.16. The van der Waals surface area contributed by atoms with Crippen molar-refractivity contribution >= 4 is 11.0 Å². The van der Waals surface area contributed by atoms with Gasteiger partial charge in [0.1, 0.15) is 11.6 Å². The maximum absolute atomic E-state index is 13.2. The van der Waals surface area contributed by atoms with Crippen molar-refractivity contribution in [3.05, 3.63) is 29.8 Å². The van der Waals surface area contributed by atoms with Gasteiger partial charge in [-0.15, -0.1) is 0 Å². The minimum absolute atomic E-state index is 0.222. The van der Waals surface area contributed by atoms with Crippen LogP contribution in [0.3, 0.4) is 0 Å². The van der Waals surface area contributed by atoms with Crippen molar-refractivity contribution in [1.82, 2.24) is 14.9 Å². The van der Waals surface area contributed by atoms with Crippen LogP contribution in [0.15, 0.2) is 18.2 Å². The SMILES string of the molecule is CC1NCCC1c1nc2cc(F)ccc2n1C. The predicted molar refractivity (Wildman–Crippen MR) is 65.5 cm³/mol. The number of nitrogens with one attached hydrogen (secondary N) is 1. The van der Waals surface area contributed by atoms with Gasteiger partial charge in [-0.2, -0.15) is 0 Å². The summed E-state index contributed by atoms with van der Waals surface area (Å²) in [6, 6.07) is 5.24. The van der Waals surface area contributed by atoms with E-state index < -0.39 is 0 Å². The van der Waals surface area contributed by atoms with E-state index in [0.29, 0.717) is 12.0 Å². The summed E-state index contributed by atoms with van der Waals surface area (Å²) in [7, 11) is 2.01. The number of halogens is 1. The van der Waals surface area contributed by atoms with Crippen molar-refractivity contribution in [2.45, 2.75) is 25.3 Å². The number of benzene rings is 1. The van der Waals surface area contributed by atoms with Gasteiger partial charge in [0.15, 0.2) is 0 Å². The number of aryl methyl sites for hydroxylation is 1. The van der Waals surface area contributed by atoms with Gasteiger partial charge in [-0.25, -0.2) is 9.37 Å². The van der Waals surface area contributed by atoms with Crippen molar-refractivity contribution in [2.24, 2.45) is 7.05 Å². The number of rotatable bonds is 1. The molecule has 0 amide bonds. The third-order valence-corrected chi connectivity index (χ3v) is 3.73. The molecule has 1 aliphatic heterocycles. The van der Waals surface area contributed by atoms with Crippen LogP contribution in [0, 0.1) is 5.82 Å². The molecule has 4 heteroatoms. The Bertz CT molecular complexity index is 561. The fraction of sp³-hybridized carbons (Fsp3) is 0.462. The molecule has 2 heterocycles. The standard InChI is InChI=1S/C13H16FN3/c1-8-10(5-6-15-8)13-16-11-7-9(14)3-4-12(11)17(13)2/h3-4,7-8,10,15H,5-6H2,1-2H3. The maximum atomic E-state index is 13.2. The maximum Gasteiger partial charge on any atom is 0.125 e. The molecule has 2 unspecified atom stereocenters. The summed E-state index contributed by atoms with van der Waals surface area (Å²) in [5, 5.41) is 3.42. The molecule has 0 bridgehead atoms. The fourth-order valence-corrected chi connectivity index (χ4v) is 2.73. The van der Waals surface area contributed by atoms with Gasteiger partial charge in [0.25, 0.3) is 0 Å². The Kier molecular flexibility index (Phi) is 2.40. The largest absolute Gasteiger partial charge is 0.331 e. The molecule has 0 spiro atoms. The van der Waals surface area contributed by atoms with E-state index in [-0.39, 0.29) is 5.82 Å². The number of hydrogen-bond acceptors (Lipinski definition) is 2. The lowest BCUT2D eigenvalue weighted by Crippen LogP contribution is -2.23. The molecule has 0 aliphatic carbocycles. The van der Waals surface area contributed by atoms with Crippen molar-refractivity contribution in [1.29, 1.82) is 0 Å². The second-order valence-electron chi connectivity index (χ2n) is 4.80. The summed E-state index contributed by atoms with van der Waals surface area (Å²) in [4.78, 5) is 4.59. The van der Waals surface area contributed by atoms with Crippen molar-refractivity contribution in [2.75, 3.05) is 6.54 Å². The van der Waals surface area contributed by atoms with Crippen molar-refractivity contribution in [3.8, 4) is 0 Å². The monoisotopic (exact) mass is 233 g/mol. The molecular weight excluding hydrogens is 217 g/mol. The van der Waals surface area contributed by atoms with Crippen molar-refractivity contribution in [3.63, 3.8) is 0 Å². The highest BCUT2D eigenvalue weighted by Gasteiger charge is 2.28. The molecule has 0 saturated carbocycles. The van der Waals surface area contributed by atoms with E-state index in [9.17, 15) is 4.39 Å². The van der Waals surface area contributed by atoms with Crippen LogP contribution >= 0.6 is 0 Å². The second-order valence-corrected chi connectivity index (χ2v) is 4.80. The van der Waals surface area contributed by atoms with Gasteiger partial charge in [-0.05, 0) is 32.0 Å². The molecule has 3 rings (SSSR count). The molecule has 1 aromatic heterocycles. The van der Waals surface area contributed by atoms with Crippen LogP contribution in [-0.4, -0.2) is 22.1 Å². The molecule has 1 aliphatic rings. The number of nitrogens with zero attached hydrogens (tertiary/aromatic N) is 2. The Balaban J connectivity index is 2.14. The summed E-state index contributed by atoms with van der Waals surface area (Å²) in [6.07, 6.45) is 1.10. The molecule has 1 saturated heterocycles. The summed E-state index contributed by atoms with van der Waals surface area (Å²) < 4.78 is 15.3. The molecule has 2 atom stereocenters. The predicted octanol–water partition coefficient (Wildman–Crippen LogP) is 2.18. The second kappa shape index (κ2) is 3.81. The summed E-state index contributed by atoms with van der Waals surface area (Å²) >= 11 is 0. The summed E-state index contributed by atoms with van der Waals surface area (Å²) in [5.41, 5.74) is 1.75. The first kappa shape index (κ1) is 10.7. The van der Waals surface area contributed by atoms with Gasteiger partial charge < -0.3 is 9.88 Å². The molecule has 1 fully saturated rings. The average Bonchev–Trinajstić information content (AvgIpc) is 2.83. The molecule has 1 aromatic carbocycles. The van der Waals surface area contributed by atoms with E-state index in [1.165, 1.54) is 12.1 Å². The van der Waals surface area contributed by atoms with E-state index >= 15 is 0 Å². The highest BCUT2D eigenvalue weighted by atomic mass is 19.1. The van der Waals surface area contributed by atoms with Crippen LogP contribution < -0.4 is 5.32 Å². The molecule has 3 nitrogen and oxygen atoms in total. The number of fused-ring (bicyclic) bond motifs is 1. The van der Waals surface area contributed by atoms with Gasteiger partial charge >= 0.3 is 0 Å². The minimum atomic E-state index is -0.222. The first-order valence-electron chi connectivity index (χ1n) is 6.02. The minimum Gasteiger partial charge on any atom is -0.331 e. The van der Waals surface area contributed by atoms with Gasteiger partial charge in [0.05, 0.1) is 11.0 Å². The lowest BCUT2D eigenvalue weighted by Gasteiger charge is -2.14. The number of aromatic nitrogens is 2. The van der Waals surface area contributed by atoms with Crippen LogP contribution in [-0.2, 0) is 7.05 Å². The molecule has 90 valence electrons. The highest BCUT2D eigenvalue weighted by Crippen LogP contribution is 2.29. The van der Waals surface area contributed by atoms with Crippen LogP contribution in [0.1, 0.15) is 25.1 Å². The lowest BCUT2D eigenvalue weighted by molar-refractivity contribution is 0.554. The summed E-state index contributed by atoms with van der Waals surface area (Å²) in [5.74, 6) is 1.26. The van der Waals surface area contributed by atoms with E-state index in [1.54, 1.807) is 6.07 Å². The van der Waals surface area contributed by atoms with Crippen LogP contribution in [0.4, 0.5) is 4.39 Å². The van der Waals surface area contributed by atoms with E-state index in [0.717, 1.165) is 29.8 Å². The molecule has 17 heavy (non-hydrogen) atoms. The Morgan fingerprint density at radius 2 is 2.29 bits per heavy atom. The quantitative estimate of drug-likeness (QED) is 0.818. The van der Waals surface area contributed by atoms with Gasteiger partial charge in [0.2, 0.25) is 0 Å². The summed E-state index contributed by atoms with van der Waals surface area (Å²) in [6.45, 7) is 3.21. The normalized spacial score (nSPS) is 24.6. The lowest BCUT2D eigenvalue weighted by atomic mass is 10.0. The number of imidazole rings is 1. The smallest absolute Gasteiger partial charge is 0.125 e. The number of hydrogen-bond donors (Lipinski definition) is 1. The zero-order chi connectivity index (χ0) is 12.0. The fourth-order valence-electron chi connectivity index (χ4n) is 2.73. The topological polar surface area (TPSA) is 29.9 Å². The molecule has 2 aromatic rings. The van der Waals surface area contributed by atoms with Crippen molar-refractivity contribution < 1.29 is 4.39 Å². The van der Waals surface area contributed by atoms with E-state index in [4.69, 9.17) is 0 Å². The first-order valence-corrected chi connectivity index (χ1v) is 6.02. The Labute approximate surface area is 99.7 Å². The van der Waals surface area contributed by atoms with Crippen LogP contribution in [0.25, 0.3) is 11.0 Å². The van der Waals surface area contributed by atoms with E-state index in [1.807, 2.05) is 7.05 Å². The zero-order valence-corrected chi connectivity index (χ0v) is 10.1. The highest BCUT2D eigenvalue weighted by molar-refractivity contribution is 5.76. The zero-order valence-electron chi connectivity index (χ0n) is 10.1. The van der Waals surface area contributed by atoms with E-state index in [2.05, 4.69) is 21.8 Å². The molecule has 0 radical (unpaired) electrons.